The number of hydrogen-bond donors (Lipinski definition) is 0. The fraction of sp³-hybridized carbons (Fsp3) is 0.0625. The first-order chi connectivity index (χ1) is 9.69. The van der Waals surface area contributed by atoms with Crippen molar-refractivity contribution < 1.29 is 14.3 Å². The predicted molar refractivity (Wildman–Crippen MR) is 81.8 cm³/mol. The van der Waals surface area contributed by atoms with Gasteiger partial charge in [-0.1, -0.05) is 34.1 Å². The normalized spacial score (nSPS) is 10.5. The van der Waals surface area contributed by atoms with E-state index in [-0.39, 0.29) is 0 Å². The van der Waals surface area contributed by atoms with Gasteiger partial charge in [0.25, 0.3) is 0 Å². The van der Waals surface area contributed by atoms with Crippen molar-refractivity contribution in [3.05, 3.63) is 64.6 Å². The molecule has 0 heterocycles. The average molecular weight is 333 g/mol. The first-order valence-corrected chi connectivity index (χ1v) is 6.77. The molecule has 2 aromatic carbocycles. The molecule has 0 spiro atoms. The minimum Gasteiger partial charge on any atom is -0.496 e. The third-order valence-corrected chi connectivity index (χ3v) is 3.10. The molecule has 0 radical (unpaired) electrons. The van der Waals surface area contributed by atoms with Crippen LogP contribution in [-0.4, -0.2) is 13.1 Å². The molecule has 0 amide bonds. The van der Waals surface area contributed by atoms with Crippen LogP contribution in [0.15, 0.2) is 59.1 Å². The van der Waals surface area contributed by atoms with Crippen molar-refractivity contribution in [2.45, 2.75) is 0 Å². The molecule has 4 heteroatoms. The van der Waals surface area contributed by atoms with Gasteiger partial charge in [0, 0.05) is 16.1 Å². The van der Waals surface area contributed by atoms with Gasteiger partial charge in [-0.2, -0.15) is 0 Å². The summed E-state index contributed by atoms with van der Waals surface area (Å²) >= 11 is 3.32. The molecule has 0 bridgehead atoms. The van der Waals surface area contributed by atoms with E-state index in [0.29, 0.717) is 11.5 Å². The number of hydrogen-bond acceptors (Lipinski definition) is 3. The van der Waals surface area contributed by atoms with Gasteiger partial charge in [-0.15, -0.1) is 0 Å². The van der Waals surface area contributed by atoms with E-state index >= 15 is 0 Å². The van der Waals surface area contributed by atoms with Gasteiger partial charge < -0.3 is 9.47 Å². The lowest BCUT2D eigenvalue weighted by Crippen LogP contribution is -2.03. The van der Waals surface area contributed by atoms with Crippen molar-refractivity contribution in [3.8, 4) is 11.5 Å². The Hall–Kier alpha value is -2.07. The highest BCUT2D eigenvalue weighted by Crippen LogP contribution is 2.19. The molecule has 3 nitrogen and oxygen atoms in total. The van der Waals surface area contributed by atoms with Crippen LogP contribution in [0.1, 0.15) is 5.56 Å². The molecule has 0 aliphatic heterocycles. The van der Waals surface area contributed by atoms with Crippen LogP contribution in [-0.2, 0) is 4.79 Å². The van der Waals surface area contributed by atoms with Gasteiger partial charge in [-0.25, -0.2) is 4.79 Å². The topological polar surface area (TPSA) is 35.5 Å². The van der Waals surface area contributed by atoms with Crippen LogP contribution in [0, 0.1) is 0 Å². The van der Waals surface area contributed by atoms with E-state index < -0.39 is 5.97 Å². The van der Waals surface area contributed by atoms with Gasteiger partial charge in [0.05, 0.1) is 7.11 Å². The fourth-order valence-electron chi connectivity index (χ4n) is 1.61. The van der Waals surface area contributed by atoms with E-state index in [1.165, 1.54) is 6.08 Å². The smallest absolute Gasteiger partial charge is 0.336 e. The van der Waals surface area contributed by atoms with Crippen LogP contribution in [0.5, 0.6) is 11.5 Å². The molecule has 0 fully saturated rings. The Kier molecular flexibility index (Phi) is 4.96. The quantitative estimate of drug-likeness (QED) is 0.481. The number of carbonyl (C=O) groups excluding carboxylic acids is 1. The predicted octanol–water partition coefficient (Wildman–Crippen LogP) is 4.08. The first kappa shape index (κ1) is 14.3. The van der Waals surface area contributed by atoms with E-state index in [1.54, 1.807) is 25.3 Å². The number of carbonyl (C=O) groups is 1. The summed E-state index contributed by atoms with van der Waals surface area (Å²) in [7, 11) is 1.59. The Morgan fingerprint density at radius 3 is 2.50 bits per heavy atom. The number of methoxy groups -OCH3 is 1. The van der Waals surface area contributed by atoms with Gasteiger partial charge in [0.1, 0.15) is 11.5 Å². The number of esters is 1. The van der Waals surface area contributed by atoms with E-state index in [0.717, 1.165) is 10.0 Å². The molecule has 0 saturated heterocycles. The van der Waals surface area contributed by atoms with Gasteiger partial charge in [0.15, 0.2) is 0 Å². The lowest BCUT2D eigenvalue weighted by atomic mass is 10.2. The second-order valence-electron chi connectivity index (χ2n) is 3.95. The summed E-state index contributed by atoms with van der Waals surface area (Å²) in [5, 5.41) is 0. The Labute approximate surface area is 126 Å². The molecular weight excluding hydrogens is 320 g/mol. The third-order valence-electron chi connectivity index (χ3n) is 2.57. The minimum absolute atomic E-state index is 0.432. The van der Waals surface area contributed by atoms with Crippen LogP contribution < -0.4 is 9.47 Å². The van der Waals surface area contributed by atoms with E-state index in [2.05, 4.69) is 15.9 Å². The largest absolute Gasteiger partial charge is 0.496 e. The second kappa shape index (κ2) is 6.91. The lowest BCUT2D eigenvalue weighted by molar-refractivity contribution is -0.128. The monoisotopic (exact) mass is 332 g/mol. The third kappa shape index (κ3) is 3.96. The first-order valence-electron chi connectivity index (χ1n) is 5.97. The standard InChI is InChI=1S/C16H13BrO3/c1-19-15-5-3-2-4-12(15)6-11-16(18)20-14-9-7-13(17)8-10-14/h2-11H,1H3/b11-6+. The zero-order valence-electron chi connectivity index (χ0n) is 10.9. The van der Waals surface area contributed by atoms with E-state index in [9.17, 15) is 4.79 Å². The fourth-order valence-corrected chi connectivity index (χ4v) is 1.88. The highest BCUT2D eigenvalue weighted by Gasteiger charge is 2.02. The van der Waals surface area contributed by atoms with Gasteiger partial charge in [-0.3, -0.25) is 0 Å². The molecule has 0 saturated carbocycles. The molecule has 2 rings (SSSR count). The summed E-state index contributed by atoms with van der Waals surface area (Å²) in [5.74, 6) is 0.779. The summed E-state index contributed by atoms with van der Waals surface area (Å²) in [6.07, 6.45) is 3.04. The van der Waals surface area contributed by atoms with Gasteiger partial charge >= 0.3 is 5.97 Å². The number of halogens is 1. The van der Waals surface area contributed by atoms with Crippen molar-refractivity contribution in [2.75, 3.05) is 7.11 Å². The highest BCUT2D eigenvalue weighted by molar-refractivity contribution is 9.10. The number of para-hydroxylation sites is 1. The maximum Gasteiger partial charge on any atom is 0.336 e. The van der Waals surface area contributed by atoms with Crippen molar-refractivity contribution in [1.82, 2.24) is 0 Å². The Bertz CT molecular complexity index is 618. The van der Waals surface area contributed by atoms with Crippen LogP contribution in [0.4, 0.5) is 0 Å². The summed E-state index contributed by atoms with van der Waals surface area (Å²) in [5.41, 5.74) is 0.822. The molecular formula is C16H13BrO3. The second-order valence-corrected chi connectivity index (χ2v) is 4.87. The summed E-state index contributed by atoms with van der Waals surface area (Å²) < 4.78 is 11.3. The van der Waals surface area contributed by atoms with Crippen molar-refractivity contribution in [2.24, 2.45) is 0 Å². The molecule has 0 aliphatic rings. The number of rotatable bonds is 4. The molecule has 0 unspecified atom stereocenters. The zero-order chi connectivity index (χ0) is 14.4. The van der Waals surface area contributed by atoms with E-state index in [4.69, 9.17) is 9.47 Å². The lowest BCUT2D eigenvalue weighted by Gasteiger charge is -2.03. The maximum absolute atomic E-state index is 11.7. The Morgan fingerprint density at radius 2 is 1.80 bits per heavy atom. The molecule has 2 aromatic rings. The van der Waals surface area contributed by atoms with Gasteiger partial charge in [0.2, 0.25) is 0 Å². The number of benzene rings is 2. The van der Waals surface area contributed by atoms with Gasteiger partial charge in [-0.05, 0) is 36.4 Å². The SMILES string of the molecule is COc1ccccc1/C=C/C(=O)Oc1ccc(Br)cc1. The Morgan fingerprint density at radius 1 is 1.10 bits per heavy atom. The van der Waals surface area contributed by atoms with Crippen LogP contribution >= 0.6 is 15.9 Å². The van der Waals surface area contributed by atoms with Crippen molar-refractivity contribution in [1.29, 1.82) is 0 Å². The van der Waals surface area contributed by atoms with Crippen molar-refractivity contribution >= 4 is 28.0 Å². The van der Waals surface area contributed by atoms with Crippen LogP contribution in [0.25, 0.3) is 6.08 Å². The molecule has 0 aliphatic carbocycles. The Balaban J connectivity index is 2.04. The average Bonchev–Trinajstić information content (AvgIpc) is 2.48. The number of ether oxygens (including phenoxy) is 2. The molecule has 102 valence electrons. The maximum atomic E-state index is 11.7. The van der Waals surface area contributed by atoms with Crippen LogP contribution in [0.2, 0.25) is 0 Å². The minimum atomic E-state index is -0.432. The van der Waals surface area contributed by atoms with Crippen molar-refractivity contribution in [3.63, 3.8) is 0 Å². The summed E-state index contributed by atoms with van der Waals surface area (Å²) in [4.78, 5) is 11.7. The highest BCUT2D eigenvalue weighted by atomic mass is 79.9. The van der Waals surface area contributed by atoms with E-state index in [1.807, 2.05) is 36.4 Å². The molecule has 20 heavy (non-hydrogen) atoms. The molecule has 0 aromatic heterocycles. The summed E-state index contributed by atoms with van der Waals surface area (Å²) in [6.45, 7) is 0. The summed E-state index contributed by atoms with van der Waals surface area (Å²) in [6, 6.07) is 14.5. The molecule has 0 N–H and O–H groups in total. The van der Waals surface area contributed by atoms with Crippen LogP contribution in [0.3, 0.4) is 0 Å². The molecule has 0 atom stereocenters. The zero-order valence-corrected chi connectivity index (χ0v) is 12.5.